The summed E-state index contributed by atoms with van der Waals surface area (Å²) in [6, 6.07) is 62.8. The molecule has 3 nitrogen and oxygen atoms in total. The monoisotopic (exact) mass is 665 g/mol. The first kappa shape index (κ1) is 30.3. The van der Waals surface area contributed by atoms with Crippen molar-refractivity contribution < 1.29 is 0 Å². The first-order valence-electron chi connectivity index (χ1n) is 17.9. The maximum absolute atomic E-state index is 5.27. The van der Waals surface area contributed by atoms with E-state index in [0.717, 1.165) is 44.8 Å². The first-order valence-corrected chi connectivity index (χ1v) is 17.9. The van der Waals surface area contributed by atoms with Gasteiger partial charge in [-0.2, -0.15) is 0 Å². The van der Waals surface area contributed by atoms with Crippen molar-refractivity contribution in [2.45, 2.75) is 19.3 Å². The van der Waals surface area contributed by atoms with Crippen LogP contribution >= 0.6 is 0 Å². The molecule has 0 amide bonds. The van der Waals surface area contributed by atoms with E-state index in [-0.39, 0.29) is 5.41 Å². The van der Waals surface area contributed by atoms with Gasteiger partial charge in [-0.05, 0) is 69.8 Å². The van der Waals surface area contributed by atoms with Crippen LogP contribution in [0.3, 0.4) is 0 Å². The summed E-state index contributed by atoms with van der Waals surface area (Å²) in [5.74, 6) is 0.700. The Morgan fingerprint density at radius 2 is 1.02 bits per heavy atom. The molecule has 10 rings (SSSR count). The smallest absolute Gasteiger partial charge is 0.162 e. The predicted molar refractivity (Wildman–Crippen MR) is 216 cm³/mol. The van der Waals surface area contributed by atoms with Crippen LogP contribution < -0.4 is 0 Å². The lowest BCUT2D eigenvalue weighted by Crippen LogP contribution is -2.16. The van der Waals surface area contributed by atoms with Gasteiger partial charge in [-0.15, -0.1) is 0 Å². The fraction of sp³-hybridized carbons (Fsp3) is 0.0612. The standard InChI is InChI=1S/C49H35N3/c1-49(2)42-27-13-12-22-37(42)38-24-14-23-36(46(38)49)34-28-29-45-41(30-34)39-25-15-26-40(47(39)52(45)35-20-10-5-11-21-35)48-50-43(32-16-6-3-7-17-32)31-44(51-48)33-18-8-4-9-19-33/h3-31H,1-2H3. The number of nitrogens with zero attached hydrogens (tertiary/aromatic N) is 3. The fourth-order valence-electron chi connectivity index (χ4n) is 8.43. The molecule has 1 aliphatic carbocycles. The minimum Gasteiger partial charge on any atom is -0.308 e. The summed E-state index contributed by atoms with van der Waals surface area (Å²) in [6.07, 6.45) is 0. The van der Waals surface area contributed by atoms with Crippen LogP contribution in [0.1, 0.15) is 25.0 Å². The summed E-state index contributed by atoms with van der Waals surface area (Å²) in [5, 5.41) is 2.37. The second kappa shape index (κ2) is 11.8. The molecule has 0 spiro atoms. The maximum Gasteiger partial charge on any atom is 0.162 e. The number of para-hydroxylation sites is 2. The van der Waals surface area contributed by atoms with Gasteiger partial charge in [0.25, 0.3) is 0 Å². The van der Waals surface area contributed by atoms with Crippen LogP contribution in [0, 0.1) is 0 Å². The topological polar surface area (TPSA) is 30.7 Å². The zero-order valence-electron chi connectivity index (χ0n) is 29.1. The summed E-state index contributed by atoms with van der Waals surface area (Å²) in [5.41, 5.74) is 16.1. The Hall–Kier alpha value is -6.58. The van der Waals surface area contributed by atoms with E-state index >= 15 is 0 Å². The van der Waals surface area contributed by atoms with Crippen molar-refractivity contribution in [1.82, 2.24) is 14.5 Å². The van der Waals surface area contributed by atoms with Gasteiger partial charge >= 0.3 is 0 Å². The minimum absolute atomic E-state index is 0.111. The Labute approximate surface area is 303 Å². The third-order valence-corrected chi connectivity index (χ3v) is 10.8. The third-order valence-electron chi connectivity index (χ3n) is 10.8. The molecule has 52 heavy (non-hydrogen) atoms. The average molecular weight is 666 g/mol. The molecule has 0 unspecified atom stereocenters. The van der Waals surface area contributed by atoms with Gasteiger partial charge in [-0.1, -0.05) is 153 Å². The van der Waals surface area contributed by atoms with Crippen LogP contribution in [0.25, 0.3) is 83.6 Å². The summed E-state index contributed by atoms with van der Waals surface area (Å²) in [7, 11) is 0. The number of hydrogen-bond donors (Lipinski definition) is 0. The molecule has 0 bridgehead atoms. The molecule has 246 valence electrons. The molecular weight excluding hydrogens is 631 g/mol. The van der Waals surface area contributed by atoms with Crippen molar-refractivity contribution in [2.75, 3.05) is 0 Å². The van der Waals surface area contributed by atoms with Crippen molar-refractivity contribution in [2.24, 2.45) is 0 Å². The van der Waals surface area contributed by atoms with Gasteiger partial charge in [-0.25, -0.2) is 9.97 Å². The highest BCUT2D eigenvalue weighted by Crippen LogP contribution is 2.52. The van der Waals surface area contributed by atoms with Crippen molar-refractivity contribution in [3.8, 4) is 61.8 Å². The Bertz CT molecular complexity index is 2740. The quantitative estimate of drug-likeness (QED) is 0.183. The van der Waals surface area contributed by atoms with Gasteiger partial charge in [0.2, 0.25) is 0 Å². The van der Waals surface area contributed by atoms with E-state index in [2.05, 4.69) is 182 Å². The molecule has 0 fully saturated rings. The number of aromatic nitrogens is 3. The molecule has 2 heterocycles. The van der Waals surface area contributed by atoms with Gasteiger partial charge in [0.05, 0.1) is 22.4 Å². The van der Waals surface area contributed by atoms with E-state index in [4.69, 9.17) is 9.97 Å². The van der Waals surface area contributed by atoms with E-state index in [1.807, 2.05) is 12.1 Å². The molecule has 0 atom stereocenters. The second-order valence-corrected chi connectivity index (χ2v) is 14.2. The van der Waals surface area contributed by atoms with Crippen LogP contribution in [0.15, 0.2) is 176 Å². The largest absolute Gasteiger partial charge is 0.308 e. The highest BCUT2D eigenvalue weighted by Gasteiger charge is 2.37. The molecule has 3 heteroatoms. The molecule has 0 N–H and O–H groups in total. The van der Waals surface area contributed by atoms with Gasteiger partial charge in [0.15, 0.2) is 5.82 Å². The molecule has 7 aromatic carbocycles. The number of fused-ring (bicyclic) bond motifs is 6. The van der Waals surface area contributed by atoms with Crippen molar-refractivity contribution in [1.29, 1.82) is 0 Å². The molecule has 0 radical (unpaired) electrons. The van der Waals surface area contributed by atoms with Crippen molar-refractivity contribution >= 4 is 21.8 Å². The van der Waals surface area contributed by atoms with Crippen LogP contribution in [-0.2, 0) is 5.41 Å². The second-order valence-electron chi connectivity index (χ2n) is 14.2. The van der Waals surface area contributed by atoms with E-state index in [9.17, 15) is 0 Å². The van der Waals surface area contributed by atoms with Crippen LogP contribution in [-0.4, -0.2) is 14.5 Å². The Kier molecular flexibility index (Phi) is 6.84. The summed E-state index contributed by atoms with van der Waals surface area (Å²) in [6.45, 7) is 4.72. The summed E-state index contributed by atoms with van der Waals surface area (Å²) >= 11 is 0. The highest BCUT2D eigenvalue weighted by atomic mass is 15.0. The lowest BCUT2D eigenvalue weighted by molar-refractivity contribution is 0.662. The Balaban J connectivity index is 1.24. The van der Waals surface area contributed by atoms with E-state index in [1.54, 1.807) is 0 Å². The normalized spacial score (nSPS) is 13.0. The third kappa shape index (κ3) is 4.66. The molecule has 0 aliphatic heterocycles. The van der Waals surface area contributed by atoms with Gasteiger partial charge in [-0.3, -0.25) is 0 Å². The number of hydrogen-bond acceptors (Lipinski definition) is 2. The Morgan fingerprint density at radius 1 is 0.442 bits per heavy atom. The zero-order valence-corrected chi connectivity index (χ0v) is 29.1. The van der Waals surface area contributed by atoms with Gasteiger partial charge in [0.1, 0.15) is 0 Å². The van der Waals surface area contributed by atoms with E-state index in [0.29, 0.717) is 5.82 Å². The van der Waals surface area contributed by atoms with E-state index in [1.165, 1.54) is 44.2 Å². The van der Waals surface area contributed by atoms with Gasteiger partial charge < -0.3 is 4.57 Å². The number of rotatable bonds is 5. The van der Waals surface area contributed by atoms with Gasteiger partial charge in [0, 0.05) is 38.6 Å². The lowest BCUT2D eigenvalue weighted by Gasteiger charge is -2.24. The van der Waals surface area contributed by atoms with E-state index < -0.39 is 0 Å². The summed E-state index contributed by atoms with van der Waals surface area (Å²) < 4.78 is 2.39. The number of benzene rings is 7. The van der Waals surface area contributed by atoms with Crippen molar-refractivity contribution in [3.63, 3.8) is 0 Å². The highest BCUT2D eigenvalue weighted by molar-refractivity contribution is 6.14. The Morgan fingerprint density at radius 3 is 1.73 bits per heavy atom. The molecule has 9 aromatic rings. The molecule has 1 aliphatic rings. The minimum atomic E-state index is -0.111. The maximum atomic E-state index is 5.27. The van der Waals surface area contributed by atoms with Crippen LogP contribution in [0.5, 0.6) is 0 Å². The fourth-order valence-corrected chi connectivity index (χ4v) is 8.43. The average Bonchev–Trinajstić information content (AvgIpc) is 3.67. The molecule has 0 saturated heterocycles. The predicted octanol–water partition coefficient (Wildman–Crippen LogP) is 12.5. The summed E-state index contributed by atoms with van der Waals surface area (Å²) in [4.78, 5) is 10.5. The molecule has 0 saturated carbocycles. The first-order chi connectivity index (χ1) is 25.6. The SMILES string of the molecule is CC1(C)c2ccccc2-c2cccc(-c3ccc4c(c3)c3cccc(-c5nc(-c6ccccc6)cc(-c6ccccc6)n5)c3n4-c3ccccc3)c21. The van der Waals surface area contributed by atoms with Crippen LogP contribution in [0.2, 0.25) is 0 Å². The molecular formula is C49H35N3. The van der Waals surface area contributed by atoms with Crippen molar-refractivity contribution in [3.05, 3.63) is 187 Å². The molecule has 2 aromatic heterocycles. The lowest BCUT2D eigenvalue weighted by atomic mass is 9.79. The van der Waals surface area contributed by atoms with Crippen LogP contribution in [0.4, 0.5) is 0 Å². The zero-order chi connectivity index (χ0) is 34.8.